The summed E-state index contributed by atoms with van der Waals surface area (Å²) in [4.78, 5) is 19.1. The highest BCUT2D eigenvalue weighted by Crippen LogP contribution is 2.41. The van der Waals surface area contributed by atoms with Crippen LogP contribution in [0.3, 0.4) is 0 Å². The topological polar surface area (TPSA) is 145 Å². The van der Waals surface area contributed by atoms with Gasteiger partial charge in [0.05, 0.1) is 29.8 Å². The van der Waals surface area contributed by atoms with Crippen molar-refractivity contribution in [1.82, 2.24) is 15.1 Å². The summed E-state index contributed by atoms with van der Waals surface area (Å²) in [5.41, 5.74) is -0.531. The van der Waals surface area contributed by atoms with E-state index in [1.807, 2.05) is 0 Å². The Balaban J connectivity index is 1.56. The largest absolute Gasteiger partial charge is 0.494 e. The number of aromatic nitrogens is 3. The molecule has 0 unspecified atom stereocenters. The van der Waals surface area contributed by atoms with Crippen molar-refractivity contribution < 1.29 is 45.5 Å². The quantitative estimate of drug-likeness (QED) is 0.308. The van der Waals surface area contributed by atoms with Gasteiger partial charge in [0.2, 0.25) is 5.82 Å². The Labute approximate surface area is 231 Å². The van der Waals surface area contributed by atoms with Gasteiger partial charge in [-0.25, -0.2) is 13.4 Å². The molecule has 0 amide bonds. The fraction of sp³-hybridized carbons (Fsp3) is 0.231. The number of aliphatic carboxylic acids is 1. The average molecular weight is 591 g/mol. The van der Waals surface area contributed by atoms with E-state index in [2.05, 4.69) is 15.1 Å². The maximum Gasteiger partial charge on any atom is 0.416 e. The van der Waals surface area contributed by atoms with Crippen LogP contribution in [-0.4, -0.2) is 54.4 Å². The van der Waals surface area contributed by atoms with Crippen molar-refractivity contribution in [2.45, 2.75) is 30.0 Å². The molecule has 4 aromatic rings. The van der Waals surface area contributed by atoms with Crippen LogP contribution < -0.4 is 13.8 Å². The van der Waals surface area contributed by atoms with Gasteiger partial charge in [-0.2, -0.15) is 18.2 Å². The van der Waals surface area contributed by atoms with Crippen LogP contribution >= 0.6 is 0 Å². The first-order valence-electron chi connectivity index (χ1n) is 12.0. The fourth-order valence-corrected chi connectivity index (χ4v) is 5.77. The van der Waals surface area contributed by atoms with Gasteiger partial charge in [0, 0.05) is 18.2 Å². The van der Waals surface area contributed by atoms with Gasteiger partial charge in [-0.15, -0.1) is 0 Å². The lowest BCUT2D eigenvalue weighted by atomic mass is 10.1. The zero-order valence-electron chi connectivity index (χ0n) is 21.2. The van der Waals surface area contributed by atoms with E-state index in [9.17, 15) is 26.4 Å². The number of sulfonamides is 1. The Morgan fingerprint density at radius 2 is 1.98 bits per heavy atom. The number of methoxy groups -OCH3 is 1. The third kappa shape index (κ3) is 5.66. The lowest BCUT2D eigenvalue weighted by Gasteiger charge is -2.35. The number of carbonyl (C=O) groups is 1. The molecule has 1 N–H and O–H groups in total. The summed E-state index contributed by atoms with van der Waals surface area (Å²) < 4.78 is 85.0. The van der Waals surface area contributed by atoms with Gasteiger partial charge >= 0.3 is 12.1 Å². The van der Waals surface area contributed by atoms with Crippen LogP contribution in [0.1, 0.15) is 18.4 Å². The average Bonchev–Trinajstić information content (AvgIpc) is 3.45. The Kier molecular flexibility index (Phi) is 7.29. The van der Waals surface area contributed by atoms with E-state index < -0.39 is 38.7 Å². The molecule has 214 valence electrons. The number of halogens is 3. The van der Waals surface area contributed by atoms with Gasteiger partial charge in [-0.1, -0.05) is 11.2 Å². The number of fused-ring (bicyclic) bond motifs is 1. The maximum atomic E-state index is 13.7. The van der Waals surface area contributed by atoms with E-state index in [-0.39, 0.29) is 48.2 Å². The summed E-state index contributed by atoms with van der Waals surface area (Å²) in [7, 11) is -3.11. The molecule has 5 rings (SSSR count). The molecule has 41 heavy (non-hydrogen) atoms. The highest BCUT2D eigenvalue weighted by molar-refractivity contribution is 7.92. The van der Waals surface area contributed by atoms with E-state index in [4.69, 9.17) is 19.1 Å². The number of hydrogen-bond donors (Lipinski definition) is 1. The zero-order chi connectivity index (χ0) is 29.4. The number of ether oxygens (including phenoxy) is 2. The van der Waals surface area contributed by atoms with Crippen LogP contribution in [0, 0.1) is 0 Å². The number of anilines is 1. The predicted octanol–water partition coefficient (Wildman–Crippen LogP) is 4.65. The predicted molar refractivity (Wildman–Crippen MR) is 137 cm³/mol. The summed E-state index contributed by atoms with van der Waals surface area (Å²) in [6.45, 7) is -0.342. The number of nitrogens with zero attached hydrogens (tertiary/aromatic N) is 4. The molecule has 2 aromatic carbocycles. The number of pyridine rings is 1. The number of alkyl halides is 3. The van der Waals surface area contributed by atoms with E-state index in [1.165, 1.54) is 31.5 Å². The lowest BCUT2D eigenvalue weighted by Crippen LogP contribution is -2.43. The minimum absolute atomic E-state index is 0.00764. The van der Waals surface area contributed by atoms with Crippen molar-refractivity contribution in [2.24, 2.45) is 0 Å². The van der Waals surface area contributed by atoms with E-state index in [1.54, 1.807) is 12.1 Å². The molecule has 0 bridgehead atoms. The van der Waals surface area contributed by atoms with Crippen molar-refractivity contribution in [2.75, 3.05) is 18.0 Å². The Morgan fingerprint density at radius 1 is 1.17 bits per heavy atom. The van der Waals surface area contributed by atoms with E-state index in [0.717, 1.165) is 22.5 Å². The molecule has 0 radical (unpaired) electrons. The number of carboxylic acids is 1. The highest BCUT2D eigenvalue weighted by Gasteiger charge is 2.37. The van der Waals surface area contributed by atoms with Crippen molar-refractivity contribution in [3.63, 3.8) is 0 Å². The molecule has 11 nitrogen and oxygen atoms in total. The second-order valence-corrected chi connectivity index (χ2v) is 10.8. The molecule has 0 aliphatic carbocycles. The van der Waals surface area contributed by atoms with Crippen molar-refractivity contribution in [1.29, 1.82) is 0 Å². The third-order valence-corrected chi connectivity index (χ3v) is 7.97. The zero-order valence-corrected chi connectivity index (χ0v) is 22.0. The number of carboxylic acid groups (broad SMARTS) is 1. The second-order valence-electron chi connectivity index (χ2n) is 8.89. The summed E-state index contributed by atoms with van der Waals surface area (Å²) in [6.07, 6.45) is -4.48. The van der Waals surface area contributed by atoms with Gasteiger partial charge in [-0.3, -0.25) is 9.10 Å². The first-order chi connectivity index (χ1) is 19.5. The van der Waals surface area contributed by atoms with E-state index >= 15 is 0 Å². The number of hydrogen-bond acceptors (Lipinski definition) is 9. The molecule has 0 saturated carbocycles. The molecule has 1 aliphatic rings. The molecule has 0 saturated heterocycles. The van der Waals surface area contributed by atoms with Gasteiger partial charge in [0.15, 0.2) is 5.69 Å². The van der Waals surface area contributed by atoms with Crippen molar-refractivity contribution in [3.05, 3.63) is 66.4 Å². The van der Waals surface area contributed by atoms with Crippen molar-refractivity contribution >= 4 is 21.7 Å². The molecule has 0 spiro atoms. The SMILES string of the molecule is COc1cccnc1-c1nc(-c2ccc3c(c2)N(S(=O)(=O)c2cccc(C(F)(F)F)c2)C[C@H](CCC(=O)O)O3)no1. The van der Waals surface area contributed by atoms with Crippen LogP contribution in [0.4, 0.5) is 18.9 Å². The Bertz CT molecular complexity index is 1710. The summed E-state index contributed by atoms with van der Waals surface area (Å²) in [5, 5.41) is 13.1. The molecule has 1 atom stereocenters. The smallest absolute Gasteiger partial charge is 0.416 e. The molecular weight excluding hydrogens is 569 g/mol. The Hall–Kier alpha value is -4.66. The minimum atomic E-state index is -4.77. The second kappa shape index (κ2) is 10.7. The number of rotatable bonds is 8. The summed E-state index contributed by atoms with van der Waals surface area (Å²) in [5.74, 6) is -0.540. The van der Waals surface area contributed by atoms with Crippen LogP contribution in [0.2, 0.25) is 0 Å². The van der Waals surface area contributed by atoms with Crippen LogP contribution in [0.5, 0.6) is 11.5 Å². The fourth-order valence-electron chi connectivity index (χ4n) is 4.23. The standard InChI is InChI=1S/C26H21F3N4O7S/c1-38-21-6-3-11-30-23(21)25-31-24(32-40-25)15-7-9-20-19(12-15)33(14-17(39-20)8-10-22(34)35)41(36,37)18-5-2-4-16(13-18)26(27,28)29/h2-7,9,11-13,17H,8,10,14H2,1H3,(H,34,35)/t17-/m0/s1. The number of benzene rings is 2. The summed E-state index contributed by atoms with van der Waals surface area (Å²) >= 11 is 0. The first-order valence-corrected chi connectivity index (χ1v) is 13.5. The highest BCUT2D eigenvalue weighted by atomic mass is 32.2. The molecule has 0 fully saturated rings. The van der Waals surface area contributed by atoms with Gasteiger partial charge in [0.25, 0.3) is 15.9 Å². The van der Waals surface area contributed by atoms with Crippen LogP contribution in [0.15, 0.2) is 70.2 Å². The maximum absolute atomic E-state index is 13.7. The molecule has 2 aromatic heterocycles. The van der Waals surface area contributed by atoms with Crippen LogP contribution in [0.25, 0.3) is 23.0 Å². The molecular formula is C26H21F3N4O7S. The van der Waals surface area contributed by atoms with Crippen LogP contribution in [-0.2, 0) is 21.0 Å². The van der Waals surface area contributed by atoms with Gasteiger partial charge in [0.1, 0.15) is 17.6 Å². The first kappa shape index (κ1) is 27.9. The third-order valence-electron chi connectivity index (χ3n) is 6.20. The normalized spacial score (nSPS) is 15.2. The molecule has 1 aliphatic heterocycles. The summed E-state index contributed by atoms with van der Waals surface area (Å²) in [6, 6.07) is 11.1. The Morgan fingerprint density at radius 3 is 2.71 bits per heavy atom. The van der Waals surface area contributed by atoms with E-state index in [0.29, 0.717) is 17.4 Å². The minimum Gasteiger partial charge on any atom is -0.494 e. The van der Waals surface area contributed by atoms with Crippen molar-refractivity contribution in [3.8, 4) is 34.5 Å². The monoisotopic (exact) mass is 590 g/mol. The van der Waals surface area contributed by atoms with Gasteiger partial charge in [-0.05, 0) is 55.0 Å². The molecule has 15 heteroatoms. The molecule has 3 heterocycles. The lowest BCUT2D eigenvalue weighted by molar-refractivity contribution is -0.138. The van der Waals surface area contributed by atoms with Gasteiger partial charge < -0.3 is 19.1 Å².